The number of rotatable bonds is 7. The quantitative estimate of drug-likeness (QED) is 0.333. The van der Waals surface area contributed by atoms with Crippen molar-refractivity contribution in [3.05, 3.63) is 132 Å². The molecule has 0 aliphatic heterocycles. The highest BCUT2D eigenvalue weighted by Gasteiger charge is 2.17. The molecule has 0 saturated heterocycles. The van der Waals surface area contributed by atoms with Gasteiger partial charge >= 0.3 is 0 Å². The summed E-state index contributed by atoms with van der Waals surface area (Å²) >= 11 is 0. The molecule has 2 amide bonds. The SMILES string of the molecule is O=C(N/N=C(\C(=N\NC(=O)c1ccccn1)c1ccccc1)c1ccccc1)c1ccccn1. The van der Waals surface area contributed by atoms with Crippen molar-refractivity contribution in [2.24, 2.45) is 10.2 Å². The number of carbonyl (C=O) groups is 2. The summed E-state index contributed by atoms with van der Waals surface area (Å²) in [4.78, 5) is 33.3. The van der Waals surface area contributed by atoms with Crippen LogP contribution in [0.15, 0.2) is 120 Å². The Labute approximate surface area is 196 Å². The highest BCUT2D eigenvalue weighted by atomic mass is 16.2. The monoisotopic (exact) mass is 448 g/mol. The number of carbonyl (C=O) groups excluding carboxylic acids is 2. The summed E-state index contributed by atoms with van der Waals surface area (Å²) in [5.74, 6) is -0.946. The van der Waals surface area contributed by atoms with Gasteiger partial charge in [0.05, 0.1) is 0 Å². The van der Waals surface area contributed by atoms with Crippen LogP contribution >= 0.6 is 0 Å². The standard InChI is InChI=1S/C26H20N6O2/c33-25(21-15-7-9-17-27-21)31-29-23(19-11-3-1-4-12-19)24(20-13-5-2-6-14-20)30-32-26(34)22-16-8-10-18-28-22/h1-18H,(H,31,33)(H,32,34)/b29-23-,30-24+. The van der Waals surface area contributed by atoms with Crippen molar-refractivity contribution in [2.45, 2.75) is 0 Å². The molecule has 4 rings (SSSR count). The molecular formula is C26H20N6O2. The topological polar surface area (TPSA) is 109 Å². The predicted molar refractivity (Wildman–Crippen MR) is 129 cm³/mol. The maximum atomic E-state index is 12.6. The Morgan fingerprint density at radius 2 is 0.912 bits per heavy atom. The first-order chi connectivity index (χ1) is 16.7. The first kappa shape index (κ1) is 22.2. The zero-order valence-electron chi connectivity index (χ0n) is 18.0. The van der Waals surface area contributed by atoms with E-state index in [2.05, 4.69) is 31.0 Å². The molecule has 4 aromatic rings. The molecule has 0 radical (unpaired) electrons. The smallest absolute Gasteiger partial charge is 0.266 e. The molecule has 0 fully saturated rings. The van der Waals surface area contributed by atoms with Crippen molar-refractivity contribution in [1.82, 2.24) is 20.8 Å². The number of hydrazone groups is 2. The van der Waals surface area contributed by atoms with Crippen LogP contribution in [-0.4, -0.2) is 33.2 Å². The van der Waals surface area contributed by atoms with Gasteiger partial charge in [-0.3, -0.25) is 19.6 Å². The lowest BCUT2D eigenvalue weighted by atomic mass is 10.00. The summed E-state index contributed by atoms with van der Waals surface area (Å²) in [5, 5.41) is 8.75. The molecular weight excluding hydrogens is 428 g/mol. The van der Waals surface area contributed by atoms with Crippen LogP contribution in [0.4, 0.5) is 0 Å². The molecule has 0 saturated carbocycles. The number of benzene rings is 2. The van der Waals surface area contributed by atoms with Crippen LogP contribution in [0.1, 0.15) is 32.1 Å². The molecule has 0 unspecified atom stereocenters. The van der Waals surface area contributed by atoms with Crippen LogP contribution in [-0.2, 0) is 0 Å². The Hall–Kier alpha value is -4.98. The number of pyridine rings is 2. The molecule has 0 spiro atoms. The third-order valence-electron chi connectivity index (χ3n) is 4.65. The number of nitrogens with one attached hydrogen (secondary N) is 2. The molecule has 2 heterocycles. The lowest BCUT2D eigenvalue weighted by molar-refractivity contribution is 0.0941. The maximum Gasteiger partial charge on any atom is 0.289 e. The van der Waals surface area contributed by atoms with Crippen LogP contribution in [0.3, 0.4) is 0 Å². The molecule has 8 heteroatoms. The fourth-order valence-electron chi connectivity index (χ4n) is 3.02. The highest BCUT2D eigenvalue weighted by Crippen LogP contribution is 2.10. The molecule has 0 aliphatic carbocycles. The van der Waals surface area contributed by atoms with Crippen LogP contribution in [0, 0.1) is 0 Å². The van der Waals surface area contributed by atoms with Crippen LogP contribution in [0.5, 0.6) is 0 Å². The average molecular weight is 448 g/mol. The Kier molecular flexibility index (Phi) is 7.22. The first-order valence-corrected chi connectivity index (χ1v) is 10.4. The second-order valence-electron chi connectivity index (χ2n) is 6.96. The van der Waals surface area contributed by atoms with Crippen LogP contribution < -0.4 is 10.9 Å². The summed E-state index contributed by atoms with van der Waals surface area (Å²) in [6, 6.07) is 28.5. The Bertz CT molecular complexity index is 1200. The fraction of sp³-hybridized carbons (Fsp3) is 0. The van der Waals surface area contributed by atoms with Gasteiger partial charge in [0.15, 0.2) is 0 Å². The molecule has 2 aromatic carbocycles. The number of amides is 2. The van der Waals surface area contributed by atoms with Crippen LogP contribution in [0.25, 0.3) is 0 Å². The van der Waals surface area contributed by atoms with Gasteiger partial charge in [0.2, 0.25) is 0 Å². The van der Waals surface area contributed by atoms with Gasteiger partial charge in [-0.25, -0.2) is 10.9 Å². The van der Waals surface area contributed by atoms with E-state index >= 15 is 0 Å². The Morgan fingerprint density at radius 1 is 0.529 bits per heavy atom. The third kappa shape index (κ3) is 5.63. The summed E-state index contributed by atoms with van der Waals surface area (Å²) < 4.78 is 0. The number of hydrogen-bond acceptors (Lipinski definition) is 6. The highest BCUT2D eigenvalue weighted by molar-refractivity contribution is 6.53. The predicted octanol–water partition coefficient (Wildman–Crippen LogP) is 3.45. The second kappa shape index (κ2) is 11.1. The zero-order valence-corrected chi connectivity index (χ0v) is 18.0. The Balaban J connectivity index is 1.73. The van der Waals surface area contributed by atoms with Gasteiger partial charge in [-0.2, -0.15) is 10.2 Å². The Morgan fingerprint density at radius 3 is 1.26 bits per heavy atom. The van der Waals surface area contributed by atoms with E-state index in [1.165, 1.54) is 12.4 Å². The normalized spacial score (nSPS) is 11.5. The van der Waals surface area contributed by atoms with Crippen molar-refractivity contribution in [3.8, 4) is 0 Å². The van der Waals surface area contributed by atoms with Crippen molar-refractivity contribution in [2.75, 3.05) is 0 Å². The van der Waals surface area contributed by atoms with Crippen molar-refractivity contribution in [1.29, 1.82) is 0 Å². The summed E-state index contributed by atoms with van der Waals surface area (Å²) in [6.45, 7) is 0. The molecule has 2 N–H and O–H groups in total. The van der Waals surface area contributed by atoms with E-state index < -0.39 is 11.8 Å². The van der Waals surface area contributed by atoms with E-state index in [0.29, 0.717) is 22.6 Å². The van der Waals surface area contributed by atoms with Crippen molar-refractivity contribution in [3.63, 3.8) is 0 Å². The molecule has 0 bridgehead atoms. The number of nitrogens with zero attached hydrogens (tertiary/aromatic N) is 4. The number of aromatic nitrogens is 2. The van der Waals surface area contributed by atoms with Gasteiger partial charge in [0.1, 0.15) is 22.8 Å². The minimum atomic E-state index is -0.473. The van der Waals surface area contributed by atoms with E-state index in [1.54, 1.807) is 36.4 Å². The summed E-state index contributed by atoms with van der Waals surface area (Å²) in [5.41, 5.74) is 7.64. The van der Waals surface area contributed by atoms with Crippen molar-refractivity contribution < 1.29 is 9.59 Å². The average Bonchev–Trinajstić information content (AvgIpc) is 2.92. The van der Waals surface area contributed by atoms with Crippen molar-refractivity contribution >= 4 is 23.2 Å². The zero-order chi connectivity index (χ0) is 23.6. The molecule has 166 valence electrons. The maximum absolute atomic E-state index is 12.6. The lowest BCUT2D eigenvalue weighted by Crippen LogP contribution is -2.28. The van der Waals surface area contributed by atoms with E-state index in [-0.39, 0.29) is 11.4 Å². The third-order valence-corrected chi connectivity index (χ3v) is 4.65. The second-order valence-corrected chi connectivity index (χ2v) is 6.96. The van der Waals surface area contributed by atoms with E-state index in [4.69, 9.17) is 0 Å². The minimum absolute atomic E-state index is 0.223. The molecule has 0 aliphatic rings. The van der Waals surface area contributed by atoms with Gasteiger partial charge in [-0.1, -0.05) is 72.8 Å². The number of hydrogen-bond donors (Lipinski definition) is 2. The lowest BCUT2D eigenvalue weighted by Gasteiger charge is -2.12. The van der Waals surface area contributed by atoms with Gasteiger partial charge < -0.3 is 0 Å². The van der Waals surface area contributed by atoms with Gasteiger partial charge in [-0.15, -0.1) is 0 Å². The largest absolute Gasteiger partial charge is 0.289 e. The van der Waals surface area contributed by atoms with Gasteiger partial charge in [0, 0.05) is 23.5 Å². The molecule has 34 heavy (non-hydrogen) atoms. The summed E-state index contributed by atoms with van der Waals surface area (Å²) in [7, 11) is 0. The minimum Gasteiger partial charge on any atom is -0.266 e. The molecule has 2 aromatic heterocycles. The molecule has 0 atom stereocenters. The van der Waals surface area contributed by atoms with Gasteiger partial charge in [0.25, 0.3) is 11.8 Å². The van der Waals surface area contributed by atoms with Gasteiger partial charge in [-0.05, 0) is 24.3 Å². The van der Waals surface area contributed by atoms with E-state index in [1.807, 2.05) is 60.7 Å². The van der Waals surface area contributed by atoms with Crippen LogP contribution in [0.2, 0.25) is 0 Å². The fourth-order valence-corrected chi connectivity index (χ4v) is 3.02. The van der Waals surface area contributed by atoms with E-state index in [9.17, 15) is 9.59 Å². The summed E-state index contributed by atoms with van der Waals surface area (Å²) in [6.07, 6.45) is 3.06. The first-order valence-electron chi connectivity index (χ1n) is 10.4. The van der Waals surface area contributed by atoms with E-state index in [0.717, 1.165) is 0 Å². The molecule has 8 nitrogen and oxygen atoms in total.